The van der Waals surface area contributed by atoms with Gasteiger partial charge >= 0.3 is 0 Å². The number of hydrogen-bond donors (Lipinski definition) is 0. The third-order valence-electron chi connectivity index (χ3n) is 5.69. The van der Waals surface area contributed by atoms with Gasteiger partial charge in [-0.2, -0.15) is 4.98 Å². The highest BCUT2D eigenvalue weighted by atomic mass is 16.5. The van der Waals surface area contributed by atoms with Crippen molar-refractivity contribution in [3.8, 4) is 28.6 Å². The van der Waals surface area contributed by atoms with E-state index in [9.17, 15) is 4.79 Å². The second kappa shape index (κ2) is 9.30. The number of amides is 1. The second-order valence-corrected chi connectivity index (χ2v) is 7.83. The Morgan fingerprint density at radius 2 is 1.84 bits per heavy atom. The van der Waals surface area contributed by atoms with Crippen LogP contribution in [0, 0.1) is 6.92 Å². The highest BCUT2D eigenvalue weighted by Gasteiger charge is 2.29. The van der Waals surface area contributed by atoms with Crippen molar-refractivity contribution in [2.24, 2.45) is 0 Å². The summed E-state index contributed by atoms with van der Waals surface area (Å²) in [5.41, 5.74) is 2.46. The maximum absolute atomic E-state index is 13.0. The Morgan fingerprint density at radius 3 is 2.50 bits per heavy atom. The van der Waals surface area contributed by atoms with Crippen LogP contribution in [0.3, 0.4) is 0 Å². The number of carbonyl (C=O) groups is 1. The summed E-state index contributed by atoms with van der Waals surface area (Å²) < 4.78 is 21.8. The number of aromatic nitrogens is 2. The van der Waals surface area contributed by atoms with Gasteiger partial charge in [-0.05, 0) is 44.0 Å². The second-order valence-electron chi connectivity index (χ2n) is 7.83. The van der Waals surface area contributed by atoms with Crippen LogP contribution in [0.4, 0.5) is 0 Å². The minimum Gasteiger partial charge on any atom is -0.493 e. The number of likely N-dealkylation sites (tertiary alicyclic amines) is 1. The first-order valence-corrected chi connectivity index (χ1v) is 10.5. The molecule has 1 amide bonds. The van der Waals surface area contributed by atoms with Crippen LogP contribution in [0.5, 0.6) is 17.2 Å². The monoisotopic (exact) mass is 437 g/mol. The molecular formula is C24H27N3O5. The summed E-state index contributed by atoms with van der Waals surface area (Å²) in [4.78, 5) is 19.5. The van der Waals surface area contributed by atoms with Gasteiger partial charge in [0.25, 0.3) is 5.91 Å². The summed E-state index contributed by atoms with van der Waals surface area (Å²) in [5, 5.41) is 4.17. The number of piperidine rings is 1. The number of hydrogen-bond acceptors (Lipinski definition) is 7. The third kappa shape index (κ3) is 4.26. The molecule has 8 heteroatoms. The van der Waals surface area contributed by atoms with E-state index in [1.165, 1.54) is 0 Å². The van der Waals surface area contributed by atoms with Crippen LogP contribution in [0.1, 0.15) is 40.6 Å². The Balaban J connectivity index is 1.55. The summed E-state index contributed by atoms with van der Waals surface area (Å²) in [7, 11) is 4.68. The molecule has 1 aliphatic rings. The van der Waals surface area contributed by atoms with Gasteiger partial charge in [0, 0.05) is 24.2 Å². The standard InChI is InChI=1S/C24H27N3O5/c1-15-7-5-8-16(11-15)24(28)27-10-6-9-17(14-27)23-25-22(26-32-23)18-12-19(29-2)21(31-4)20(13-18)30-3/h5,7-8,11-13,17H,6,9-10,14H2,1-4H3/t17-/m1/s1. The molecule has 0 unspecified atom stereocenters. The van der Waals surface area contributed by atoms with Crippen molar-refractivity contribution in [1.29, 1.82) is 0 Å². The summed E-state index contributed by atoms with van der Waals surface area (Å²) in [6.07, 6.45) is 1.76. The lowest BCUT2D eigenvalue weighted by Gasteiger charge is -2.31. The van der Waals surface area contributed by atoms with Crippen molar-refractivity contribution in [2.45, 2.75) is 25.7 Å². The van der Waals surface area contributed by atoms with Gasteiger partial charge in [0.05, 0.1) is 27.2 Å². The van der Waals surface area contributed by atoms with Crippen molar-refractivity contribution in [3.05, 3.63) is 53.4 Å². The Hall–Kier alpha value is -3.55. The summed E-state index contributed by atoms with van der Waals surface area (Å²) in [5.74, 6) is 2.50. The Labute approximate surface area is 187 Å². The van der Waals surface area contributed by atoms with Crippen molar-refractivity contribution >= 4 is 5.91 Å². The fourth-order valence-electron chi connectivity index (χ4n) is 4.05. The number of methoxy groups -OCH3 is 3. The number of benzene rings is 2. The lowest BCUT2D eigenvalue weighted by molar-refractivity contribution is 0.0695. The zero-order valence-electron chi connectivity index (χ0n) is 18.8. The van der Waals surface area contributed by atoms with E-state index in [-0.39, 0.29) is 11.8 Å². The van der Waals surface area contributed by atoms with Crippen LogP contribution in [-0.4, -0.2) is 55.4 Å². The predicted octanol–water partition coefficient (Wildman–Crippen LogP) is 4.09. The minimum atomic E-state index is -0.0131. The largest absolute Gasteiger partial charge is 0.493 e. The van der Waals surface area contributed by atoms with Crippen molar-refractivity contribution < 1.29 is 23.5 Å². The van der Waals surface area contributed by atoms with E-state index >= 15 is 0 Å². The quantitative estimate of drug-likeness (QED) is 0.574. The van der Waals surface area contributed by atoms with Gasteiger partial charge < -0.3 is 23.6 Å². The van der Waals surface area contributed by atoms with Crippen LogP contribution >= 0.6 is 0 Å². The van der Waals surface area contributed by atoms with Gasteiger partial charge in [0.2, 0.25) is 17.5 Å². The minimum absolute atomic E-state index is 0.0131. The lowest BCUT2D eigenvalue weighted by atomic mass is 9.97. The predicted molar refractivity (Wildman–Crippen MR) is 118 cm³/mol. The SMILES string of the molecule is COc1cc(-c2noc([C@@H]3CCCN(C(=O)c4cccc(C)c4)C3)n2)cc(OC)c1OC. The van der Waals surface area contributed by atoms with Gasteiger partial charge in [0.15, 0.2) is 11.5 Å². The highest BCUT2D eigenvalue weighted by molar-refractivity contribution is 5.94. The fraction of sp³-hybridized carbons (Fsp3) is 0.375. The average Bonchev–Trinajstić information content (AvgIpc) is 3.33. The molecule has 168 valence electrons. The number of carbonyl (C=O) groups excluding carboxylic acids is 1. The van der Waals surface area contributed by atoms with Gasteiger partial charge in [-0.25, -0.2) is 0 Å². The Bertz CT molecular complexity index is 1090. The number of nitrogens with zero attached hydrogens (tertiary/aromatic N) is 3. The van der Waals surface area contributed by atoms with Gasteiger partial charge in [0.1, 0.15) is 0 Å². The molecule has 0 saturated carbocycles. The molecule has 1 fully saturated rings. The molecule has 0 bridgehead atoms. The van der Waals surface area contributed by atoms with Crippen LogP contribution in [0.2, 0.25) is 0 Å². The molecule has 1 atom stereocenters. The van der Waals surface area contributed by atoms with Gasteiger partial charge in [-0.3, -0.25) is 4.79 Å². The first-order valence-electron chi connectivity index (χ1n) is 10.5. The average molecular weight is 437 g/mol. The first-order chi connectivity index (χ1) is 15.5. The van der Waals surface area contributed by atoms with Crippen LogP contribution in [-0.2, 0) is 0 Å². The number of rotatable bonds is 6. The molecule has 0 N–H and O–H groups in total. The number of aryl methyl sites for hydroxylation is 1. The lowest BCUT2D eigenvalue weighted by Crippen LogP contribution is -2.39. The van der Waals surface area contributed by atoms with Crippen molar-refractivity contribution in [3.63, 3.8) is 0 Å². The van der Waals surface area contributed by atoms with Crippen LogP contribution in [0.25, 0.3) is 11.4 Å². The maximum atomic E-state index is 13.0. The van der Waals surface area contributed by atoms with E-state index in [1.807, 2.05) is 36.1 Å². The molecule has 2 heterocycles. The van der Waals surface area contributed by atoms with E-state index in [1.54, 1.807) is 33.5 Å². The van der Waals surface area contributed by atoms with E-state index in [0.29, 0.717) is 46.6 Å². The zero-order chi connectivity index (χ0) is 22.7. The molecule has 3 aromatic rings. The molecule has 0 spiro atoms. The smallest absolute Gasteiger partial charge is 0.253 e. The molecular weight excluding hydrogens is 410 g/mol. The first kappa shape index (κ1) is 21.7. The third-order valence-corrected chi connectivity index (χ3v) is 5.69. The molecule has 32 heavy (non-hydrogen) atoms. The van der Waals surface area contributed by atoms with Gasteiger partial charge in [-0.15, -0.1) is 0 Å². The van der Waals surface area contributed by atoms with Crippen LogP contribution in [0.15, 0.2) is 40.9 Å². The number of ether oxygens (including phenoxy) is 3. The molecule has 0 aliphatic carbocycles. The Morgan fingerprint density at radius 1 is 1.09 bits per heavy atom. The molecule has 8 nitrogen and oxygen atoms in total. The Kier molecular flexibility index (Phi) is 6.30. The molecule has 0 radical (unpaired) electrons. The fourth-order valence-corrected chi connectivity index (χ4v) is 4.05. The molecule has 1 aliphatic heterocycles. The summed E-state index contributed by atoms with van der Waals surface area (Å²) in [6.45, 7) is 3.25. The van der Waals surface area contributed by atoms with Crippen LogP contribution < -0.4 is 14.2 Å². The topological polar surface area (TPSA) is 86.9 Å². The molecule has 1 aromatic heterocycles. The summed E-state index contributed by atoms with van der Waals surface area (Å²) >= 11 is 0. The zero-order valence-corrected chi connectivity index (χ0v) is 18.8. The van der Waals surface area contributed by atoms with Crippen molar-refractivity contribution in [2.75, 3.05) is 34.4 Å². The normalized spacial score (nSPS) is 16.0. The van der Waals surface area contributed by atoms with E-state index in [0.717, 1.165) is 24.9 Å². The molecule has 1 saturated heterocycles. The van der Waals surface area contributed by atoms with E-state index < -0.39 is 0 Å². The van der Waals surface area contributed by atoms with Crippen molar-refractivity contribution in [1.82, 2.24) is 15.0 Å². The highest BCUT2D eigenvalue weighted by Crippen LogP contribution is 2.41. The maximum Gasteiger partial charge on any atom is 0.253 e. The summed E-state index contributed by atoms with van der Waals surface area (Å²) in [6, 6.07) is 11.2. The van der Waals surface area contributed by atoms with E-state index in [2.05, 4.69) is 10.1 Å². The van der Waals surface area contributed by atoms with E-state index in [4.69, 9.17) is 18.7 Å². The van der Waals surface area contributed by atoms with Gasteiger partial charge in [-0.1, -0.05) is 22.9 Å². The molecule has 4 rings (SSSR count). The molecule has 2 aromatic carbocycles.